The minimum atomic E-state index is -0.671. The fraction of sp³-hybridized carbons (Fsp3) is 0.556. The van der Waals surface area contributed by atoms with Gasteiger partial charge in [0.2, 0.25) is 11.8 Å². The number of ether oxygens (including phenoxy) is 1. The molecule has 2 aromatic heterocycles. The molecule has 10 heteroatoms. The zero-order valence-corrected chi connectivity index (χ0v) is 16.1. The van der Waals surface area contributed by atoms with Crippen molar-refractivity contribution in [3.05, 3.63) is 35.4 Å². The van der Waals surface area contributed by atoms with Crippen LogP contribution in [0.2, 0.25) is 5.15 Å². The lowest BCUT2D eigenvalue weighted by Crippen LogP contribution is -2.47. The number of likely N-dealkylation sites (tertiary alicyclic amines) is 1. The van der Waals surface area contributed by atoms with E-state index in [-0.39, 0.29) is 29.3 Å². The Balaban J connectivity index is 1.32. The number of nitrogens with zero attached hydrogens (tertiary/aromatic N) is 4. The highest BCUT2D eigenvalue weighted by Gasteiger charge is 2.56. The number of aromatic nitrogens is 3. The van der Waals surface area contributed by atoms with Gasteiger partial charge in [0, 0.05) is 56.9 Å². The summed E-state index contributed by atoms with van der Waals surface area (Å²) in [5.41, 5.74) is -0.671. The van der Waals surface area contributed by atoms with E-state index in [4.69, 9.17) is 20.9 Å². The molecule has 4 heterocycles. The van der Waals surface area contributed by atoms with Gasteiger partial charge < -0.3 is 19.5 Å². The van der Waals surface area contributed by atoms with Gasteiger partial charge in [-0.05, 0) is 6.07 Å². The molecule has 2 aliphatic rings. The van der Waals surface area contributed by atoms with E-state index in [1.165, 1.54) is 0 Å². The van der Waals surface area contributed by atoms with Gasteiger partial charge in [0.1, 0.15) is 5.76 Å². The number of carbonyl (C=O) groups is 2. The molecule has 28 heavy (non-hydrogen) atoms. The Bertz CT molecular complexity index is 839. The second-order valence-corrected chi connectivity index (χ2v) is 7.67. The third-order valence-corrected chi connectivity index (χ3v) is 5.66. The molecule has 9 nitrogen and oxygen atoms in total. The molecule has 0 bridgehead atoms. The van der Waals surface area contributed by atoms with Crippen molar-refractivity contribution in [2.75, 3.05) is 32.8 Å². The van der Waals surface area contributed by atoms with Crippen molar-refractivity contribution in [1.82, 2.24) is 25.2 Å². The van der Waals surface area contributed by atoms with Crippen LogP contribution in [0.4, 0.5) is 0 Å². The van der Waals surface area contributed by atoms with Crippen LogP contribution in [0, 0.1) is 11.3 Å². The summed E-state index contributed by atoms with van der Waals surface area (Å²) in [7, 11) is 0. The zero-order valence-electron chi connectivity index (χ0n) is 15.3. The van der Waals surface area contributed by atoms with Crippen molar-refractivity contribution in [2.24, 2.45) is 11.3 Å². The zero-order chi connectivity index (χ0) is 19.6. The molecule has 0 aromatic carbocycles. The Morgan fingerprint density at radius 3 is 3.07 bits per heavy atom. The largest absolute Gasteiger partial charge is 0.380 e. The quantitative estimate of drug-likeness (QED) is 0.726. The second kappa shape index (κ2) is 7.92. The summed E-state index contributed by atoms with van der Waals surface area (Å²) in [6.45, 7) is 2.82. The molecule has 0 radical (unpaired) electrons. The van der Waals surface area contributed by atoms with Gasteiger partial charge in [0.25, 0.3) is 0 Å². The predicted octanol–water partition coefficient (Wildman–Crippen LogP) is 0.748. The van der Waals surface area contributed by atoms with Crippen LogP contribution in [0.5, 0.6) is 0 Å². The van der Waals surface area contributed by atoms with E-state index in [1.807, 2.05) is 12.3 Å². The Labute approximate surface area is 166 Å². The normalized spacial score (nSPS) is 23.8. The van der Waals surface area contributed by atoms with Crippen LogP contribution in [0.1, 0.15) is 12.2 Å². The maximum atomic E-state index is 12.9. The maximum Gasteiger partial charge on any atom is 0.230 e. The molecule has 2 amide bonds. The Morgan fingerprint density at radius 1 is 1.43 bits per heavy atom. The fourth-order valence-corrected chi connectivity index (χ4v) is 4.09. The number of carbonyl (C=O) groups excluding carboxylic acids is 2. The number of hydrogen-bond donors (Lipinski definition) is 1. The minimum Gasteiger partial charge on any atom is -0.380 e. The monoisotopic (exact) mass is 407 g/mol. The molecule has 0 spiro atoms. The Kier molecular flexibility index (Phi) is 5.36. The molecule has 4 rings (SSSR count). The molecule has 0 unspecified atom stereocenters. The predicted molar refractivity (Wildman–Crippen MR) is 98.4 cm³/mol. The lowest BCUT2D eigenvalue weighted by Gasteiger charge is -2.26. The smallest absolute Gasteiger partial charge is 0.230 e. The molecule has 2 saturated heterocycles. The number of aryl methyl sites for hydroxylation is 1. The third-order valence-electron chi connectivity index (χ3n) is 5.48. The summed E-state index contributed by atoms with van der Waals surface area (Å²) in [6, 6.07) is 3.45. The molecule has 1 N–H and O–H groups in total. The van der Waals surface area contributed by atoms with E-state index in [1.54, 1.807) is 21.8 Å². The summed E-state index contributed by atoms with van der Waals surface area (Å²) < 4.78 is 12.4. The van der Waals surface area contributed by atoms with E-state index in [0.29, 0.717) is 51.6 Å². The fourth-order valence-electron chi connectivity index (χ4n) is 3.93. The summed E-state index contributed by atoms with van der Waals surface area (Å²) in [4.78, 5) is 27.3. The van der Waals surface area contributed by atoms with E-state index in [9.17, 15) is 9.59 Å². The molecular weight excluding hydrogens is 386 g/mol. The van der Waals surface area contributed by atoms with Crippen LogP contribution in [0.3, 0.4) is 0 Å². The minimum absolute atomic E-state index is 0.00867. The van der Waals surface area contributed by atoms with E-state index in [0.717, 1.165) is 0 Å². The average Bonchev–Trinajstić information content (AvgIpc) is 3.43. The lowest BCUT2D eigenvalue weighted by atomic mass is 9.80. The Morgan fingerprint density at radius 2 is 2.32 bits per heavy atom. The van der Waals surface area contributed by atoms with Crippen LogP contribution in [0.25, 0.3) is 0 Å². The summed E-state index contributed by atoms with van der Waals surface area (Å²) in [5.74, 6) is 0.526. The van der Waals surface area contributed by atoms with E-state index >= 15 is 0 Å². The number of halogens is 1. The number of rotatable bonds is 7. The van der Waals surface area contributed by atoms with Gasteiger partial charge in [0.15, 0.2) is 5.15 Å². The molecule has 0 saturated carbocycles. The first-order valence-electron chi connectivity index (χ1n) is 9.29. The maximum absolute atomic E-state index is 12.9. The highest BCUT2D eigenvalue weighted by Crippen LogP contribution is 2.41. The standard InChI is InChI=1S/C18H22ClN5O4/c19-15-8-14(28-22-15)2-3-16(25)23-9-13-10-27-12-18(13,11-23)17(26)20-5-7-24-6-1-4-21-24/h1,4,6,8,13H,2-3,5,7,9-12H2,(H,20,26)/t13-,18-/m0/s1. The summed E-state index contributed by atoms with van der Waals surface area (Å²) >= 11 is 5.73. The first-order chi connectivity index (χ1) is 13.6. The van der Waals surface area contributed by atoms with Gasteiger partial charge >= 0.3 is 0 Å². The molecule has 2 atom stereocenters. The van der Waals surface area contributed by atoms with Crippen molar-refractivity contribution >= 4 is 23.4 Å². The molecule has 2 fully saturated rings. The molecular formula is C18H22ClN5O4. The topological polar surface area (TPSA) is 102 Å². The first kappa shape index (κ1) is 18.9. The SMILES string of the molecule is O=C(CCc1cc(Cl)no1)N1C[C@H]2COC[C@@]2(C(=O)NCCn2cccn2)C1. The van der Waals surface area contributed by atoms with Gasteiger partial charge in [-0.3, -0.25) is 14.3 Å². The van der Waals surface area contributed by atoms with Crippen LogP contribution in [-0.2, 0) is 27.3 Å². The number of amides is 2. The van der Waals surface area contributed by atoms with Gasteiger partial charge in [0.05, 0.1) is 25.2 Å². The van der Waals surface area contributed by atoms with Crippen LogP contribution >= 0.6 is 11.6 Å². The third kappa shape index (κ3) is 3.77. The number of fused-ring (bicyclic) bond motifs is 1. The number of nitrogens with one attached hydrogen (secondary N) is 1. The summed E-state index contributed by atoms with van der Waals surface area (Å²) in [6.07, 6.45) is 4.27. The number of hydrogen-bond acceptors (Lipinski definition) is 6. The molecule has 2 aliphatic heterocycles. The van der Waals surface area contributed by atoms with Crippen molar-refractivity contribution in [3.8, 4) is 0 Å². The van der Waals surface area contributed by atoms with Gasteiger partial charge in [-0.2, -0.15) is 5.10 Å². The van der Waals surface area contributed by atoms with Crippen molar-refractivity contribution in [2.45, 2.75) is 19.4 Å². The highest BCUT2D eigenvalue weighted by molar-refractivity contribution is 6.29. The van der Waals surface area contributed by atoms with Crippen LogP contribution in [0.15, 0.2) is 29.0 Å². The Hall–Kier alpha value is -2.39. The van der Waals surface area contributed by atoms with Crippen LogP contribution in [-0.4, -0.2) is 64.5 Å². The first-order valence-corrected chi connectivity index (χ1v) is 9.67. The van der Waals surface area contributed by atoms with Gasteiger partial charge in [-0.15, -0.1) is 0 Å². The van der Waals surface area contributed by atoms with E-state index in [2.05, 4.69) is 15.6 Å². The van der Waals surface area contributed by atoms with Crippen molar-refractivity contribution in [1.29, 1.82) is 0 Å². The van der Waals surface area contributed by atoms with Crippen LogP contribution < -0.4 is 5.32 Å². The van der Waals surface area contributed by atoms with Crippen molar-refractivity contribution < 1.29 is 18.8 Å². The molecule has 150 valence electrons. The van der Waals surface area contributed by atoms with Crippen molar-refractivity contribution in [3.63, 3.8) is 0 Å². The highest BCUT2D eigenvalue weighted by atomic mass is 35.5. The van der Waals surface area contributed by atoms with E-state index < -0.39 is 5.41 Å². The molecule has 0 aliphatic carbocycles. The lowest BCUT2D eigenvalue weighted by molar-refractivity contribution is -0.134. The van der Waals surface area contributed by atoms with Gasteiger partial charge in [-0.1, -0.05) is 16.8 Å². The molecule has 2 aromatic rings. The summed E-state index contributed by atoms with van der Waals surface area (Å²) in [5, 5.41) is 11.0. The average molecular weight is 408 g/mol. The van der Waals surface area contributed by atoms with Gasteiger partial charge in [-0.25, -0.2) is 0 Å². The second-order valence-electron chi connectivity index (χ2n) is 7.28.